The van der Waals surface area contributed by atoms with Crippen LogP contribution in [0.5, 0.6) is 0 Å². The van der Waals surface area contributed by atoms with Crippen molar-refractivity contribution in [2.45, 2.75) is 25.7 Å². The van der Waals surface area contributed by atoms with Crippen LogP contribution < -0.4 is 5.32 Å². The number of hydrogen-bond donors (Lipinski definition) is 1. The first-order chi connectivity index (χ1) is 10.5. The molecule has 0 aliphatic rings. The molecule has 0 unspecified atom stereocenters. The molecule has 2 aromatic rings. The molecule has 0 saturated heterocycles. The Balaban J connectivity index is 1.80. The van der Waals surface area contributed by atoms with Crippen molar-refractivity contribution in [1.82, 2.24) is 5.32 Å². The summed E-state index contributed by atoms with van der Waals surface area (Å²) in [7, 11) is 0. The van der Waals surface area contributed by atoms with Crippen LogP contribution in [0.4, 0.5) is 5.69 Å². The van der Waals surface area contributed by atoms with E-state index in [2.05, 4.69) is 43.4 Å². The second-order valence-corrected chi connectivity index (χ2v) is 6.10. The van der Waals surface area contributed by atoms with E-state index in [0.717, 1.165) is 25.1 Å². The average Bonchev–Trinajstić information content (AvgIpc) is 2.53. The van der Waals surface area contributed by atoms with Gasteiger partial charge in [0.25, 0.3) is 5.69 Å². The highest BCUT2D eigenvalue weighted by Crippen LogP contribution is 2.21. The van der Waals surface area contributed by atoms with Crippen LogP contribution >= 0.6 is 0 Å². The van der Waals surface area contributed by atoms with Crippen molar-refractivity contribution in [2.24, 2.45) is 0 Å². The van der Waals surface area contributed by atoms with Gasteiger partial charge >= 0.3 is 0 Å². The van der Waals surface area contributed by atoms with E-state index in [9.17, 15) is 10.1 Å². The zero-order valence-corrected chi connectivity index (χ0v) is 13.1. The first-order valence-electron chi connectivity index (χ1n) is 7.49. The number of hydrogen-bond acceptors (Lipinski definition) is 3. The van der Waals surface area contributed by atoms with Gasteiger partial charge < -0.3 is 5.32 Å². The highest BCUT2D eigenvalue weighted by atomic mass is 16.6. The lowest BCUT2D eigenvalue weighted by Gasteiger charge is -2.25. The monoisotopic (exact) mass is 298 g/mol. The molecule has 116 valence electrons. The number of nitro benzene ring substituents is 1. The van der Waals surface area contributed by atoms with E-state index in [1.807, 2.05) is 18.2 Å². The van der Waals surface area contributed by atoms with Crippen LogP contribution in [0.3, 0.4) is 0 Å². The Morgan fingerprint density at radius 1 is 1.05 bits per heavy atom. The molecule has 0 aliphatic heterocycles. The lowest BCUT2D eigenvalue weighted by Crippen LogP contribution is -2.34. The molecule has 0 radical (unpaired) electrons. The Hall–Kier alpha value is -2.20. The number of non-ortho nitro benzene ring substituents is 1. The lowest BCUT2D eigenvalue weighted by molar-refractivity contribution is -0.384. The highest BCUT2D eigenvalue weighted by Gasteiger charge is 2.19. The summed E-state index contributed by atoms with van der Waals surface area (Å²) in [5.41, 5.74) is 2.65. The quantitative estimate of drug-likeness (QED) is 0.481. The normalized spacial score (nSPS) is 11.4. The Morgan fingerprint density at radius 3 is 2.27 bits per heavy atom. The van der Waals surface area contributed by atoms with Crippen molar-refractivity contribution >= 4 is 5.69 Å². The predicted octanol–water partition coefficient (Wildman–Crippen LogP) is 3.70. The molecule has 0 heterocycles. The fourth-order valence-corrected chi connectivity index (χ4v) is 2.41. The van der Waals surface area contributed by atoms with Gasteiger partial charge in [0.05, 0.1) is 4.92 Å². The van der Waals surface area contributed by atoms with Crippen LogP contribution in [0.15, 0.2) is 54.6 Å². The molecule has 4 heteroatoms. The molecule has 22 heavy (non-hydrogen) atoms. The van der Waals surface area contributed by atoms with E-state index in [1.54, 1.807) is 12.1 Å². The molecule has 2 rings (SSSR count). The topological polar surface area (TPSA) is 55.2 Å². The van der Waals surface area contributed by atoms with Crippen molar-refractivity contribution < 1.29 is 4.92 Å². The standard InChI is InChI=1S/C18H22N2O2/c1-18(2,16-6-4-3-5-7-16)14-19-13-12-15-8-10-17(11-9-15)20(21)22/h3-11,19H,12-14H2,1-2H3. The molecule has 0 amide bonds. The molecular formula is C18H22N2O2. The first kappa shape index (κ1) is 16.2. The maximum atomic E-state index is 10.6. The molecular weight excluding hydrogens is 276 g/mol. The number of nitrogens with one attached hydrogen (secondary N) is 1. The van der Waals surface area contributed by atoms with Crippen LogP contribution in [0.2, 0.25) is 0 Å². The summed E-state index contributed by atoms with van der Waals surface area (Å²) in [5, 5.41) is 14.1. The van der Waals surface area contributed by atoms with E-state index in [0.29, 0.717) is 0 Å². The largest absolute Gasteiger partial charge is 0.316 e. The number of benzene rings is 2. The van der Waals surface area contributed by atoms with Gasteiger partial charge in [-0.05, 0) is 24.1 Å². The Kier molecular flexibility index (Phi) is 5.28. The Labute approximate surface area is 131 Å². The van der Waals surface area contributed by atoms with Crippen molar-refractivity contribution in [1.29, 1.82) is 0 Å². The summed E-state index contributed by atoms with van der Waals surface area (Å²) in [4.78, 5) is 10.2. The molecule has 0 aromatic heterocycles. The first-order valence-corrected chi connectivity index (χ1v) is 7.49. The van der Waals surface area contributed by atoms with E-state index in [1.165, 1.54) is 5.56 Å². The second kappa shape index (κ2) is 7.18. The molecule has 0 aliphatic carbocycles. The summed E-state index contributed by atoms with van der Waals surface area (Å²) >= 11 is 0. The van der Waals surface area contributed by atoms with Crippen molar-refractivity contribution in [3.63, 3.8) is 0 Å². The Bertz CT molecular complexity index is 607. The molecule has 0 fully saturated rings. The van der Waals surface area contributed by atoms with Gasteiger partial charge in [-0.25, -0.2) is 0 Å². The Morgan fingerprint density at radius 2 is 1.68 bits per heavy atom. The van der Waals surface area contributed by atoms with Crippen LogP contribution in [-0.2, 0) is 11.8 Å². The van der Waals surface area contributed by atoms with Gasteiger partial charge in [0.15, 0.2) is 0 Å². The van der Waals surface area contributed by atoms with Crippen LogP contribution in [-0.4, -0.2) is 18.0 Å². The molecule has 0 atom stereocenters. The van der Waals surface area contributed by atoms with Gasteiger partial charge in [-0.2, -0.15) is 0 Å². The van der Waals surface area contributed by atoms with Gasteiger partial charge in [-0.15, -0.1) is 0 Å². The van der Waals surface area contributed by atoms with Crippen molar-refractivity contribution in [3.05, 3.63) is 75.8 Å². The summed E-state index contributed by atoms with van der Waals surface area (Å²) in [6.45, 7) is 6.19. The van der Waals surface area contributed by atoms with E-state index >= 15 is 0 Å². The fourth-order valence-electron chi connectivity index (χ4n) is 2.41. The smallest absolute Gasteiger partial charge is 0.269 e. The van der Waals surface area contributed by atoms with Gasteiger partial charge in [0, 0.05) is 24.1 Å². The third-order valence-electron chi connectivity index (χ3n) is 3.86. The van der Waals surface area contributed by atoms with E-state index in [-0.39, 0.29) is 16.0 Å². The summed E-state index contributed by atoms with van der Waals surface area (Å²) in [6, 6.07) is 17.2. The minimum absolute atomic E-state index is 0.0801. The van der Waals surface area contributed by atoms with E-state index < -0.39 is 0 Å². The number of nitrogens with zero attached hydrogens (tertiary/aromatic N) is 1. The van der Waals surface area contributed by atoms with Crippen molar-refractivity contribution in [2.75, 3.05) is 13.1 Å². The van der Waals surface area contributed by atoms with Crippen LogP contribution in [0, 0.1) is 10.1 Å². The fraction of sp³-hybridized carbons (Fsp3) is 0.333. The molecule has 0 spiro atoms. The molecule has 1 N–H and O–H groups in total. The molecule has 0 saturated carbocycles. The van der Waals surface area contributed by atoms with Crippen LogP contribution in [0.1, 0.15) is 25.0 Å². The summed E-state index contributed by atoms with van der Waals surface area (Å²) < 4.78 is 0. The van der Waals surface area contributed by atoms with Gasteiger partial charge in [-0.3, -0.25) is 10.1 Å². The van der Waals surface area contributed by atoms with Gasteiger partial charge in [0.2, 0.25) is 0 Å². The summed E-state index contributed by atoms with van der Waals surface area (Å²) in [6.07, 6.45) is 0.864. The average molecular weight is 298 g/mol. The third-order valence-corrected chi connectivity index (χ3v) is 3.86. The maximum absolute atomic E-state index is 10.6. The predicted molar refractivity (Wildman–Crippen MR) is 89.1 cm³/mol. The minimum atomic E-state index is -0.371. The minimum Gasteiger partial charge on any atom is -0.316 e. The highest BCUT2D eigenvalue weighted by molar-refractivity contribution is 5.33. The zero-order chi connectivity index (χ0) is 16.0. The SMILES string of the molecule is CC(C)(CNCCc1ccc([N+](=O)[O-])cc1)c1ccccc1. The van der Waals surface area contributed by atoms with Crippen LogP contribution in [0.25, 0.3) is 0 Å². The second-order valence-electron chi connectivity index (χ2n) is 6.10. The maximum Gasteiger partial charge on any atom is 0.269 e. The van der Waals surface area contributed by atoms with E-state index in [4.69, 9.17) is 0 Å². The summed E-state index contributed by atoms with van der Waals surface area (Å²) in [5.74, 6) is 0. The van der Waals surface area contributed by atoms with Crippen molar-refractivity contribution in [3.8, 4) is 0 Å². The molecule has 2 aromatic carbocycles. The number of nitro groups is 1. The van der Waals surface area contributed by atoms with Gasteiger partial charge in [-0.1, -0.05) is 56.3 Å². The lowest BCUT2D eigenvalue weighted by atomic mass is 9.84. The zero-order valence-electron chi connectivity index (χ0n) is 13.1. The molecule has 4 nitrogen and oxygen atoms in total. The number of rotatable bonds is 7. The van der Waals surface area contributed by atoms with Gasteiger partial charge in [0.1, 0.15) is 0 Å². The molecule has 0 bridgehead atoms. The third kappa shape index (κ3) is 4.40.